The number of aliphatic hydroxyl groups is 1. The van der Waals surface area contributed by atoms with Crippen molar-refractivity contribution < 1.29 is 28.3 Å². The Morgan fingerprint density at radius 2 is 1.57 bits per heavy atom. The van der Waals surface area contributed by atoms with E-state index in [-0.39, 0.29) is 35.7 Å². The molecule has 0 saturated heterocycles. The predicted octanol–water partition coefficient (Wildman–Crippen LogP) is 8.94. The average Bonchev–Trinajstić information content (AvgIpc) is 2.88. The fraction of sp³-hybridized carbons (Fsp3) is 0.432. The molecular weight excluding hydrogens is 560 g/mol. The molecule has 7 heteroatoms. The number of rotatable bonds is 14. The monoisotopic (exact) mass is 607 g/mol. The number of halogens is 2. The van der Waals surface area contributed by atoms with Gasteiger partial charge in [0.1, 0.15) is 0 Å². The van der Waals surface area contributed by atoms with Gasteiger partial charge < -0.3 is 10.4 Å². The average molecular weight is 608 g/mol. The van der Waals surface area contributed by atoms with E-state index >= 15 is 0 Å². The molecule has 238 valence electrons. The maximum Gasteiger partial charge on any atom is 0.266 e. The van der Waals surface area contributed by atoms with Crippen LogP contribution in [0.25, 0.3) is 11.1 Å². The first kappa shape index (κ1) is 36.3. The number of Topliss-reactive ketones (excluding diaryl/α,β-unsaturated/α-hetero) is 2. The number of carbonyl (C=O) groups excluding carboxylic acids is 3. The number of allylic oxidation sites excluding steroid dienone is 4. The van der Waals surface area contributed by atoms with Gasteiger partial charge in [-0.05, 0) is 111 Å². The Labute approximate surface area is 261 Å². The van der Waals surface area contributed by atoms with E-state index in [1.807, 2.05) is 65.8 Å². The number of hydrogen-bond donors (Lipinski definition) is 2. The summed E-state index contributed by atoms with van der Waals surface area (Å²) >= 11 is 0. The molecule has 0 aliphatic rings. The molecular formula is C37H47F2NO4. The molecule has 2 aromatic carbocycles. The van der Waals surface area contributed by atoms with E-state index in [0.717, 1.165) is 58.0 Å². The topological polar surface area (TPSA) is 83.5 Å². The number of alkyl halides is 2. The Hall–Kier alpha value is -3.87. The molecule has 2 atom stereocenters. The van der Waals surface area contributed by atoms with E-state index in [0.29, 0.717) is 6.42 Å². The number of amides is 1. The Balaban J connectivity index is 2.52. The van der Waals surface area contributed by atoms with E-state index in [2.05, 4.69) is 18.0 Å². The van der Waals surface area contributed by atoms with Crippen molar-refractivity contribution in [3.05, 3.63) is 93.8 Å². The highest BCUT2D eigenvalue weighted by Crippen LogP contribution is 2.34. The Morgan fingerprint density at radius 3 is 2.07 bits per heavy atom. The highest BCUT2D eigenvalue weighted by molar-refractivity contribution is 6.20. The van der Waals surface area contributed by atoms with Gasteiger partial charge in [0, 0.05) is 25.7 Å². The van der Waals surface area contributed by atoms with Crippen LogP contribution in [0.5, 0.6) is 0 Å². The molecule has 44 heavy (non-hydrogen) atoms. The molecule has 2 N–H and O–H groups in total. The van der Waals surface area contributed by atoms with Crippen LogP contribution in [0.15, 0.2) is 66.0 Å². The highest BCUT2D eigenvalue weighted by atomic mass is 19.3. The van der Waals surface area contributed by atoms with Crippen molar-refractivity contribution in [1.82, 2.24) is 5.32 Å². The molecule has 0 heterocycles. The lowest BCUT2D eigenvalue weighted by molar-refractivity contribution is -0.130. The van der Waals surface area contributed by atoms with E-state index < -0.39 is 35.4 Å². The molecule has 0 spiro atoms. The number of aryl methyl sites for hydroxylation is 3. The number of nitrogens with one attached hydrogen (secondary N) is 1. The highest BCUT2D eigenvalue weighted by Gasteiger charge is 2.29. The minimum Gasteiger partial charge on any atom is -0.513 e. The first-order chi connectivity index (χ1) is 20.3. The van der Waals surface area contributed by atoms with Gasteiger partial charge in [0.05, 0.1) is 17.4 Å². The maximum atomic E-state index is 13.8. The second kappa shape index (κ2) is 15.2. The van der Waals surface area contributed by atoms with Gasteiger partial charge in [-0.1, -0.05) is 50.8 Å². The predicted molar refractivity (Wildman–Crippen MR) is 174 cm³/mol. The van der Waals surface area contributed by atoms with Crippen LogP contribution in [0.4, 0.5) is 8.78 Å². The SMILES string of the molecule is C=C(O)CC(NC(=O)[C@@H](CC(=O)/C(=C/C=C(\C)C(C)(F)F)C(C)=O)CC(C)C)c1cc(-c2c(C)cccc2C)cc(C)c1C. The fourth-order valence-electron chi connectivity index (χ4n) is 5.37. The van der Waals surface area contributed by atoms with Crippen LogP contribution in [-0.4, -0.2) is 28.5 Å². The van der Waals surface area contributed by atoms with Crippen LogP contribution < -0.4 is 5.32 Å². The first-order valence-electron chi connectivity index (χ1n) is 15.0. The summed E-state index contributed by atoms with van der Waals surface area (Å²) in [5, 5.41) is 13.3. The van der Waals surface area contributed by atoms with E-state index in [1.54, 1.807) is 0 Å². The second-order valence-electron chi connectivity index (χ2n) is 12.4. The molecule has 0 aliphatic heterocycles. The summed E-state index contributed by atoms with van der Waals surface area (Å²) in [6.45, 7) is 18.8. The maximum absolute atomic E-state index is 13.8. The van der Waals surface area contributed by atoms with Gasteiger partial charge >= 0.3 is 0 Å². The molecule has 0 bridgehead atoms. The van der Waals surface area contributed by atoms with Crippen LogP contribution in [-0.2, 0) is 14.4 Å². The van der Waals surface area contributed by atoms with Crippen LogP contribution in [0, 0.1) is 39.5 Å². The van der Waals surface area contributed by atoms with Gasteiger partial charge in [0.15, 0.2) is 11.6 Å². The van der Waals surface area contributed by atoms with Crippen LogP contribution >= 0.6 is 0 Å². The third-order valence-corrected chi connectivity index (χ3v) is 8.04. The molecule has 0 aromatic heterocycles. The molecule has 1 amide bonds. The zero-order valence-corrected chi connectivity index (χ0v) is 27.5. The third-order valence-electron chi connectivity index (χ3n) is 8.04. The zero-order valence-electron chi connectivity index (χ0n) is 27.5. The van der Waals surface area contributed by atoms with Gasteiger partial charge in [-0.3, -0.25) is 14.4 Å². The van der Waals surface area contributed by atoms with E-state index in [1.165, 1.54) is 13.8 Å². The Morgan fingerprint density at radius 1 is 0.977 bits per heavy atom. The van der Waals surface area contributed by atoms with Gasteiger partial charge in [-0.15, -0.1) is 0 Å². The lowest BCUT2D eigenvalue weighted by Gasteiger charge is -2.26. The summed E-state index contributed by atoms with van der Waals surface area (Å²) in [4.78, 5) is 39.5. The number of benzene rings is 2. The molecule has 0 saturated carbocycles. The molecule has 5 nitrogen and oxygen atoms in total. The normalized spacial score (nSPS) is 13.9. The van der Waals surface area contributed by atoms with E-state index in [9.17, 15) is 28.3 Å². The second-order valence-corrected chi connectivity index (χ2v) is 12.4. The molecule has 0 radical (unpaired) electrons. The number of carbonyl (C=O) groups is 3. The van der Waals surface area contributed by atoms with Crippen molar-refractivity contribution in [2.45, 2.75) is 93.5 Å². The third kappa shape index (κ3) is 9.83. The number of aliphatic hydroxyl groups excluding tert-OH is 1. The van der Waals surface area contributed by atoms with Crippen molar-refractivity contribution in [1.29, 1.82) is 0 Å². The largest absolute Gasteiger partial charge is 0.513 e. The van der Waals surface area contributed by atoms with Crippen molar-refractivity contribution in [2.24, 2.45) is 11.8 Å². The van der Waals surface area contributed by atoms with Crippen molar-refractivity contribution in [3.63, 3.8) is 0 Å². The van der Waals surface area contributed by atoms with Crippen LogP contribution in [0.2, 0.25) is 0 Å². The summed E-state index contributed by atoms with van der Waals surface area (Å²) in [5.74, 6) is -5.49. The standard InChI is InChI=1S/C37H47F2NO4/c1-21(2)16-30(20-34(43)31(28(9)42)15-14-25(6)37(10,38)39)36(44)40-33(18-26(7)41)32-19-29(17-24(5)27(32)8)35-22(3)12-11-13-23(35)4/h11-15,17,19,21,30,33,41H,7,16,18,20H2,1-6,8-10H3,(H,40,44)/b25-14+,31-15+/t30-,33?/m1/s1. The van der Waals surface area contributed by atoms with Crippen molar-refractivity contribution >= 4 is 17.5 Å². The zero-order chi connectivity index (χ0) is 33.5. The van der Waals surface area contributed by atoms with Gasteiger partial charge in [-0.2, -0.15) is 0 Å². The van der Waals surface area contributed by atoms with Crippen molar-refractivity contribution in [2.75, 3.05) is 0 Å². The number of hydrogen-bond acceptors (Lipinski definition) is 4. The van der Waals surface area contributed by atoms with Gasteiger partial charge in [0.25, 0.3) is 5.92 Å². The number of ketones is 2. The molecule has 2 rings (SSSR count). The fourth-order valence-corrected chi connectivity index (χ4v) is 5.37. The van der Waals surface area contributed by atoms with Crippen LogP contribution in [0.1, 0.15) is 87.7 Å². The minimum atomic E-state index is -3.10. The smallest absolute Gasteiger partial charge is 0.266 e. The van der Waals surface area contributed by atoms with Crippen LogP contribution in [0.3, 0.4) is 0 Å². The lowest BCUT2D eigenvalue weighted by Crippen LogP contribution is -2.36. The Bertz CT molecular complexity index is 1460. The molecule has 2 aromatic rings. The summed E-state index contributed by atoms with van der Waals surface area (Å²) < 4.78 is 27.3. The molecule has 0 aliphatic carbocycles. The summed E-state index contributed by atoms with van der Waals surface area (Å²) in [5.41, 5.74) is 6.60. The van der Waals surface area contributed by atoms with Crippen molar-refractivity contribution in [3.8, 4) is 11.1 Å². The molecule has 1 unspecified atom stereocenters. The quantitative estimate of drug-likeness (QED) is 0.0738. The lowest BCUT2D eigenvalue weighted by atomic mass is 9.86. The summed E-state index contributed by atoms with van der Waals surface area (Å²) in [7, 11) is 0. The Kier molecular flexibility index (Phi) is 12.6. The minimum absolute atomic E-state index is 0.0480. The van der Waals surface area contributed by atoms with E-state index in [4.69, 9.17) is 0 Å². The van der Waals surface area contributed by atoms with Gasteiger partial charge in [-0.25, -0.2) is 8.78 Å². The summed E-state index contributed by atoms with van der Waals surface area (Å²) in [6, 6.07) is 9.62. The first-order valence-corrected chi connectivity index (χ1v) is 15.0. The van der Waals surface area contributed by atoms with Gasteiger partial charge in [0.2, 0.25) is 5.91 Å². The molecule has 0 fully saturated rings. The summed E-state index contributed by atoms with van der Waals surface area (Å²) in [6.07, 6.45) is 2.35.